The van der Waals surface area contributed by atoms with Crippen LogP contribution in [0.25, 0.3) is 0 Å². The van der Waals surface area contributed by atoms with Gasteiger partial charge in [0.2, 0.25) is 0 Å². The van der Waals surface area contributed by atoms with Gasteiger partial charge in [-0.1, -0.05) is 6.92 Å². The average Bonchev–Trinajstić information content (AvgIpc) is 2.86. The molecule has 2 nitrogen and oxygen atoms in total. The molecule has 1 rings (SSSR count). The molecule has 1 aliphatic carbocycles. The Morgan fingerprint density at radius 3 is 2.38 bits per heavy atom. The Hall–Kier alpha value is -0.0800. The van der Waals surface area contributed by atoms with Crippen LogP contribution in [0.15, 0.2) is 0 Å². The maximum atomic E-state index is 5.97. The van der Waals surface area contributed by atoms with Crippen molar-refractivity contribution in [1.82, 2.24) is 4.90 Å². The molecule has 1 fully saturated rings. The third-order valence-corrected chi connectivity index (χ3v) is 2.91. The Kier molecular flexibility index (Phi) is 4.20. The van der Waals surface area contributed by atoms with Crippen molar-refractivity contribution in [1.29, 1.82) is 0 Å². The predicted octanol–water partition coefficient (Wildman–Crippen LogP) is 1.84. The van der Waals surface area contributed by atoms with Crippen LogP contribution in [0.4, 0.5) is 0 Å². The average molecular weight is 184 g/mol. The van der Waals surface area contributed by atoms with Crippen molar-refractivity contribution >= 4 is 0 Å². The minimum Gasteiger partial charge on any atom is -0.327 e. The van der Waals surface area contributed by atoms with Crippen LogP contribution in [0, 0.1) is 5.92 Å². The first-order valence-corrected chi connectivity index (χ1v) is 5.63. The van der Waals surface area contributed by atoms with Gasteiger partial charge in [0, 0.05) is 25.2 Å². The fraction of sp³-hybridized carbons (Fsp3) is 1.00. The van der Waals surface area contributed by atoms with Gasteiger partial charge >= 0.3 is 0 Å². The van der Waals surface area contributed by atoms with E-state index in [4.69, 9.17) is 5.73 Å². The first-order valence-electron chi connectivity index (χ1n) is 5.63. The molecule has 2 heteroatoms. The Bertz CT molecular complexity index is 141. The minimum absolute atomic E-state index is 0.362. The lowest BCUT2D eigenvalue weighted by molar-refractivity contribution is 0.198. The van der Waals surface area contributed by atoms with Gasteiger partial charge in [-0.05, 0) is 39.0 Å². The first-order chi connectivity index (χ1) is 6.13. The van der Waals surface area contributed by atoms with E-state index in [2.05, 4.69) is 25.7 Å². The Morgan fingerprint density at radius 1 is 1.38 bits per heavy atom. The molecule has 0 saturated heterocycles. The van der Waals surface area contributed by atoms with Crippen molar-refractivity contribution in [2.75, 3.05) is 13.1 Å². The summed E-state index contributed by atoms with van der Waals surface area (Å²) < 4.78 is 0. The zero-order chi connectivity index (χ0) is 9.84. The monoisotopic (exact) mass is 184 g/mol. The van der Waals surface area contributed by atoms with Gasteiger partial charge in [0.05, 0.1) is 0 Å². The van der Waals surface area contributed by atoms with E-state index in [0.717, 1.165) is 18.9 Å². The first kappa shape index (κ1) is 11.0. The zero-order valence-electron chi connectivity index (χ0n) is 9.29. The predicted molar refractivity (Wildman–Crippen MR) is 57.7 cm³/mol. The van der Waals surface area contributed by atoms with E-state index < -0.39 is 0 Å². The lowest BCUT2D eigenvalue weighted by atomic mass is 10.2. The van der Waals surface area contributed by atoms with E-state index in [9.17, 15) is 0 Å². The largest absolute Gasteiger partial charge is 0.327 e. The Labute approximate surface area is 82.5 Å². The summed E-state index contributed by atoms with van der Waals surface area (Å²) in [6.45, 7) is 9.05. The van der Waals surface area contributed by atoms with E-state index >= 15 is 0 Å². The Morgan fingerprint density at radius 2 is 2.00 bits per heavy atom. The summed E-state index contributed by atoms with van der Waals surface area (Å²) >= 11 is 0. The molecule has 0 bridgehead atoms. The third-order valence-electron chi connectivity index (χ3n) is 2.91. The highest BCUT2D eigenvalue weighted by Crippen LogP contribution is 2.30. The van der Waals surface area contributed by atoms with Crippen LogP contribution in [0.5, 0.6) is 0 Å². The van der Waals surface area contributed by atoms with Gasteiger partial charge in [-0.25, -0.2) is 0 Å². The molecule has 0 aromatic heterocycles. The summed E-state index contributed by atoms with van der Waals surface area (Å²) in [5.74, 6) is 0.978. The van der Waals surface area contributed by atoms with Crippen LogP contribution in [-0.4, -0.2) is 30.1 Å². The van der Waals surface area contributed by atoms with Gasteiger partial charge in [-0.2, -0.15) is 0 Å². The molecule has 1 saturated carbocycles. The molecule has 0 heterocycles. The van der Waals surface area contributed by atoms with Gasteiger partial charge < -0.3 is 5.73 Å². The van der Waals surface area contributed by atoms with Gasteiger partial charge in [-0.3, -0.25) is 4.90 Å². The van der Waals surface area contributed by atoms with Gasteiger partial charge in [0.15, 0.2) is 0 Å². The van der Waals surface area contributed by atoms with Crippen LogP contribution >= 0.6 is 0 Å². The van der Waals surface area contributed by atoms with Gasteiger partial charge in [-0.15, -0.1) is 0 Å². The molecular weight excluding hydrogens is 160 g/mol. The number of hydrogen-bond donors (Lipinski definition) is 1. The van der Waals surface area contributed by atoms with Crippen molar-refractivity contribution in [3.05, 3.63) is 0 Å². The van der Waals surface area contributed by atoms with Crippen LogP contribution in [0.3, 0.4) is 0 Å². The highest BCUT2D eigenvalue weighted by molar-refractivity contribution is 4.80. The molecule has 0 aromatic carbocycles. The Balaban J connectivity index is 2.27. The number of hydrogen-bond acceptors (Lipinski definition) is 2. The van der Waals surface area contributed by atoms with Crippen molar-refractivity contribution in [2.24, 2.45) is 11.7 Å². The summed E-state index contributed by atoms with van der Waals surface area (Å²) in [6, 6.07) is 1.01. The zero-order valence-corrected chi connectivity index (χ0v) is 9.29. The standard InChI is InChI=1S/C11H24N2/c1-4-11(12)8-13(9(2)3)7-10-5-6-10/h9-11H,4-8,12H2,1-3H3. The molecule has 0 spiro atoms. The van der Waals surface area contributed by atoms with Crippen molar-refractivity contribution < 1.29 is 0 Å². The molecule has 78 valence electrons. The van der Waals surface area contributed by atoms with E-state index in [1.165, 1.54) is 19.4 Å². The van der Waals surface area contributed by atoms with Crippen LogP contribution in [-0.2, 0) is 0 Å². The van der Waals surface area contributed by atoms with E-state index in [1.54, 1.807) is 0 Å². The highest BCUT2D eigenvalue weighted by atomic mass is 15.2. The summed E-state index contributed by atoms with van der Waals surface area (Å²) in [7, 11) is 0. The molecular formula is C11H24N2. The number of nitrogens with two attached hydrogens (primary N) is 1. The second kappa shape index (κ2) is 4.97. The maximum Gasteiger partial charge on any atom is 0.0165 e. The summed E-state index contributed by atoms with van der Waals surface area (Å²) in [5, 5.41) is 0. The number of nitrogens with zero attached hydrogens (tertiary/aromatic N) is 1. The molecule has 1 unspecified atom stereocenters. The van der Waals surface area contributed by atoms with E-state index in [0.29, 0.717) is 12.1 Å². The quantitative estimate of drug-likeness (QED) is 0.682. The van der Waals surface area contributed by atoms with Crippen LogP contribution in [0.2, 0.25) is 0 Å². The van der Waals surface area contributed by atoms with Crippen LogP contribution < -0.4 is 5.73 Å². The summed E-state index contributed by atoms with van der Waals surface area (Å²) in [6.07, 6.45) is 3.96. The minimum atomic E-state index is 0.362. The summed E-state index contributed by atoms with van der Waals surface area (Å²) in [5.41, 5.74) is 5.97. The second-order valence-corrected chi connectivity index (χ2v) is 4.66. The molecule has 0 amide bonds. The van der Waals surface area contributed by atoms with E-state index in [-0.39, 0.29) is 0 Å². The molecule has 1 aliphatic rings. The van der Waals surface area contributed by atoms with Gasteiger partial charge in [0.1, 0.15) is 0 Å². The molecule has 13 heavy (non-hydrogen) atoms. The molecule has 0 aliphatic heterocycles. The van der Waals surface area contributed by atoms with Crippen molar-refractivity contribution in [2.45, 2.75) is 52.1 Å². The fourth-order valence-electron chi connectivity index (χ4n) is 1.56. The fourth-order valence-corrected chi connectivity index (χ4v) is 1.56. The number of rotatable bonds is 6. The lowest BCUT2D eigenvalue weighted by Crippen LogP contribution is -2.42. The molecule has 2 N–H and O–H groups in total. The van der Waals surface area contributed by atoms with Crippen LogP contribution in [0.1, 0.15) is 40.0 Å². The summed E-state index contributed by atoms with van der Waals surface area (Å²) in [4.78, 5) is 2.53. The second-order valence-electron chi connectivity index (χ2n) is 4.66. The topological polar surface area (TPSA) is 29.3 Å². The SMILES string of the molecule is CCC(N)CN(CC1CC1)C(C)C. The molecule has 1 atom stereocenters. The third kappa shape index (κ3) is 4.10. The molecule has 0 aromatic rings. The normalized spacial score (nSPS) is 19.8. The molecule has 0 radical (unpaired) electrons. The van der Waals surface area contributed by atoms with Crippen molar-refractivity contribution in [3.8, 4) is 0 Å². The maximum absolute atomic E-state index is 5.97. The smallest absolute Gasteiger partial charge is 0.0165 e. The van der Waals surface area contributed by atoms with Gasteiger partial charge in [0.25, 0.3) is 0 Å². The van der Waals surface area contributed by atoms with Crippen molar-refractivity contribution in [3.63, 3.8) is 0 Å². The lowest BCUT2D eigenvalue weighted by Gasteiger charge is -2.28. The highest BCUT2D eigenvalue weighted by Gasteiger charge is 2.25. The van der Waals surface area contributed by atoms with E-state index in [1.807, 2.05) is 0 Å².